The molecule has 0 saturated carbocycles. The fraction of sp³-hybridized carbons (Fsp3) is 0.444. The van der Waals surface area contributed by atoms with Crippen molar-refractivity contribution in [1.82, 2.24) is 24.9 Å². The van der Waals surface area contributed by atoms with Crippen LogP contribution in [0.15, 0.2) is 35.4 Å². The zero-order valence-corrected chi connectivity index (χ0v) is 17.2. The number of anilines is 1. The molecule has 0 spiro atoms. The van der Waals surface area contributed by atoms with Crippen LogP contribution in [0.4, 0.5) is 5.69 Å². The molecule has 0 aliphatic rings. The zero-order chi connectivity index (χ0) is 20.7. The maximum atomic E-state index is 13.0. The fourth-order valence-corrected chi connectivity index (χ4v) is 4.30. The van der Waals surface area contributed by atoms with Gasteiger partial charge >= 0.3 is 0 Å². The van der Waals surface area contributed by atoms with Crippen LogP contribution in [0, 0.1) is 23.2 Å². The van der Waals surface area contributed by atoms with Gasteiger partial charge in [-0.15, -0.1) is 10.2 Å². The molecule has 0 bridgehead atoms. The lowest BCUT2D eigenvalue weighted by Crippen LogP contribution is -2.37. The third-order valence-corrected chi connectivity index (χ3v) is 5.57. The molecule has 150 valence electrons. The van der Waals surface area contributed by atoms with Gasteiger partial charge < -0.3 is 5.32 Å². The van der Waals surface area contributed by atoms with Gasteiger partial charge in [-0.3, -0.25) is 0 Å². The summed E-state index contributed by atoms with van der Waals surface area (Å²) < 4.78 is 27.5. The SMILES string of the molecule is CC(C)CN(CC(C)C)S(=O)(=O)c1ccc(NC=C(C#N)c2nn[nH]n2)cc1. The van der Waals surface area contributed by atoms with E-state index in [-0.39, 0.29) is 28.1 Å². The maximum absolute atomic E-state index is 13.0. The number of allylic oxidation sites excluding steroid dienone is 1. The Kier molecular flexibility index (Phi) is 7.25. The summed E-state index contributed by atoms with van der Waals surface area (Å²) in [6.07, 6.45) is 1.44. The molecule has 28 heavy (non-hydrogen) atoms. The van der Waals surface area contributed by atoms with Gasteiger partial charge in [0.15, 0.2) is 0 Å². The largest absolute Gasteiger partial charge is 0.360 e. The molecule has 1 aromatic carbocycles. The first-order chi connectivity index (χ1) is 13.2. The Morgan fingerprint density at radius 1 is 1.21 bits per heavy atom. The number of rotatable bonds is 9. The third-order valence-electron chi connectivity index (χ3n) is 3.72. The van der Waals surface area contributed by atoms with E-state index in [0.717, 1.165) is 0 Å². The molecule has 0 saturated heterocycles. The summed E-state index contributed by atoms with van der Waals surface area (Å²) in [6.45, 7) is 8.94. The Morgan fingerprint density at radius 2 is 1.82 bits per heavy atom. The highest BCUT2D eigenvalue weighted by atomic mass is 32.2. The van der Waals surface area contributed by atoms with Gasteiger partial charge in [0.05, 0.1) is 4.90 Å². The van der Waals surface area contributed by atoms with Crippen LogP contribution in [0.3, 0.4) is 0 Å². The van der Waals surface area contributed by atoms with Crippen molar-refractivity contribution in [3.05, 3.63) is 36.3 Å². The number of benzene rings is 1. The minimum absolute atomic E-state index is 0.173. The number of H-pyrrole nitrogens is 1. The number of hydrogen-bond acceptors (Lipinski definition) is 7. The topological polar surface area (TPSA) is 128 Å². The Labute approximate surface area is 165 Å². The van der Waals surface area contributed by atoms with E-state index in [1.165, 1.54) is 10.5 Å². The molecule has 0 radical (unpaired) electrons. The molecule has 0 fully saturated rings. The molecule has 2 N–H and O–H groups in total. The summed E-state index contributed by atoms with van der Waals surface area (Å²) in [4.78, 5) is 0.238. The van der Waals surface area contributed by atoms with E-state index in [9.17, 15) is 8.42 Å². The van der Waals surface area contributed by atoms with E-state index in [1.807, 2.05) is 33.8 Å². The molecule has 9 nitrogen and oxygen atoms in total. The van der Waals surface area contributed by atoms with Gasteiger partial charge in [-0.2, -0.15) is 14.8 Å². The molecule has 0 aliphatic carbocycles. The van der Waals surface area contributed by atoms with Crippen LogP contribution in [0.2, 0.25) is 0 Å². The number of nitrogens with one attached hydrogen (secondary N) is 2. The average Bonchev–Trinajstić information content (AvgIpc) is 3.16. The molecule has 2 aromatic rings. The van der Waals surface area contributed by atoms with Crippen molar-refractivity contribution in [3.63, 3.8) is 0 Å². The van der Waals surface area contributed by atoms with Crippen LogP contribution >= 0.6 is 0 Å². The summed E-state index contributed by atoms with van der Waals surface area (Å²) in [6, 6.07) is 8.38. The molecule has 1 heterocycles. The number of tetrazole rings is 1. The van der Waals surface area contributed by atoms with Crippen LogP contribution in [0.25, 0.3) is 5.57 Å². The molecule has 0 atom stereocenters. The van der Waals surface area contributed by atoms with E-state index in [4.69, 9.17) is 5.26 Å². The highest BCUT2D eigenvalue weighted by Gasteiger charge is 2.25. The summed E-state index contributed by atoms with van der Waals surface area (Å²) in [7, 11) is -3.57. The number of aromatic nitrogens is 4. The van der Waals surface area contributed by atoms with Crippen molar-refractivity contribution < 1.29 is 8.42 Å². The molecular weight excluding hydrogens is 378 g/mol. The Morgan fingerprint density at radius 3 is 2.29 bits per heavy atom. The molecule has 10 heteroatoms. The van der Waals surface area contributed by atoms with Crippen LogP contribution in [-0.2, 0) is 10.0 Å². The summed E-state index contributed by atoms with van der Waals surface area (Å²) in [5.41, 5.74) is 0.833. The number of nitrogens with zero attached hydrogens (tertiary/aromatic N) is 5. The zero-order valence-electron chi connectivity index (χ0n) is 16.4. The lowest BCUT2D eigenvalue weighted by molar-refractivity contribution is 0.333. The van der Waals surface area contributed by atoms with Crippen molar-refractivity contribution >= 4 is 21.3 Å². The highest BCUT2D eigenvalue weighted by Crippen LogP contribution is 2.21. The van der Waals surface area contributed by atoms with Gasteiger partial charge in [-0.05, 0) is 41.3 Å². The number of hydrogen-bond donors (Lipinski definition) is 2. The van der Waals surface area contributed by atoms with Crippen LogP contribution in [-0.4, -0.2) is 46.4 Å². The number of sulfonamides is 1. The highest BCUT2D eigenvalue weighted by molar-refractivity contribution is 7.89. The molecule has 1 aromatic heterocycles. The monoisotopic (exact) mass is 403 g/mol. The van der Waals surface area contributed by atoms with Crippen molar-refractivity contribution in [2.75, 3.05) is 18.4 Å². The van der Waals surface area contributed by atoms with Gasteiger partial charge in [0.1, 0.15) is 11.6 Å². The summed E-state index contributed by atoms with van der Waals surface area (Å²) >= 11 is 0. The minimum Gasteiger partial charge on any atom is -0.360 e. The van der Waals surface area contributed by atoms with Crippen molar-refractivity contribution in [1.29, 1.82) is 5.26 Å². The van der Waals surface area contributed by atoms with Crippen LogP contribution in [0.5, 0.6) is 0 Å². The maximum Gasteiger partial charge on any atom is 0.243 e. The quantitative estimate of drug-likeness (QED) is 0.616. The average molecular weight is 404 g/mol. The smallest absolute Gasteiger partial charge is 0.243 e. The van der Waals surface area contributed by atoms with E-state index in [1.54, 1.807) is 24.3 Å². The first-order valence-corrected chi connectivity index (χ1v) is 10.4. The molecule has 0 aliphatic heterocycles. The second-order valence-electron chi connectivity index (χ2n) is 7.18. The Bertz CT molecular complexity index is 917. The van der Waals surface area contributed by atoms with E-state index in [0.29, 0.717) is 18.8 Å². The van der Waals surface area contributed by atoms with E-state index in [2.05, 4.69) is 25.9 Å². The predicted molar refractivity (Wildman–Crippen MR) is 106 cm³/mol. The lowest BCUT2D eigenvalue weighted by Gasteiger charge is -2.25. The second-order valence-corrected chi connectivity index (χ2v) is 9.12. The second kappa shape index (κ2) is 9.43. The lowest BCUT2D eigenvalue weighted by atomic mass is 10.2. The minimum atomic E-state index is -3.57. The van der Waals surface area contributed by atoms with Gasteiger partial charge in [0.25, 0.3) is 0 Å². The standard InChI is InChI=1S/C18H25N7O2S/c1-13(2)11-25(12-14(3)4)28(26,27)17-7-5-16(6-8-17)20-10-15(9-19)18-21-23-24-22-18/h5-8,10,13-14,20H,11-12H2,1-4H3,(H,21,22,23,24). The van der Waals surface area contributed by atoms with Crippen molar-refractivity contribution in [2.24, 2.45) is 11.8 Å². The molecular formula is C18H25N7O2S. The van der Waals surface area contributed by atoms with Crippen LogP contribution < -0.4 is 5.32 Å². The van der Waals surface area contributed by atoms with Gasteiger partial charge in [0, 0.05) is 25.0 Å². The number of aromatic amines is 1. The fourth-order valence-electron chi connectivity index (χ4n) is 2.54. The van der Waals surface area contributed by atoms with Crippen molar-refractivity contribution in [2.45, 2.75) is 32.6 Å². The Hall–Kier alpha value is -2.77. The molecule has 0 unspecified atom stereocenters. The Balaban J connectivity index is 2.19. The third kappa shape index (κ3) is 5.61. The summed E-state index contributed by atoms with van der Waals surface area (Å²) in [5.74, 6) is 0.635. The normalized spacial score (nSPS) is 12.6. The van der Waals surface area contributed by atoms with Crippen molar-refractivity contribution in [3.8, 4) is 6.07 Å². The number of nitriles is 1. The first kappa shape index (κ1) is 21.5. The van der Waals surface area contributed by atoms with Gasteiger partial charge in [-0.25, -0.2) is 8.42 Å². The predicted octanol–water partition coefficient (Wildman–Crippen LogP) is 2.48. The molecule has 0 amide bonds. The van der Waals surface area contributed by atoms with Crippen LogP contribution in [0.1, 0.15) is 33.5 Å². The van der Waals surface area contributed by atoms with Gasteiger partial charge in [-0.1, -0.05) is 27.7 Å². The summed E-state index contributed by atoms with van der Waals surface area (Å²) in [5, 5.41) is 25.3. The van der Waals surface area contributed by atoms with Gasteiger partial charge in [0.2, 0.25) is 15.8 Å². The van der Waals surface area contributed by atoms with E-state index < -0.39 is 10.0 Å². The molecule has 2 rings (SSSR count). The van der Waals surface area contributed by atoms with E-state index >= 15 is 0 Å². The first-order valence-electron chi connectivity index (χ1n) is 8.95.